The van der Waals surface area contributed by atoms with Gasteiger partial charge in [-0.2, -0.15) is 4.31 Å². The standard InChI is InChI=1S/C22H27ClN4O5S/c1-4-25(3)21(29)14(2)26-11-10-18(22(26)30)27(13-20(24)28)33(31,32)19-7-5-6-15-12-16(23)8-9-17(15)19/h5-9,12,14,18H,4,10-11,13H2,1-3H3,(H2,24,28)/t14-,18-/m0/s1. The van der Waals surface area contributed by atoms with Gasteiger partial charge in [-0.05, 0) is 43.9 Å². The van der Waals surface area contributed by atoms with Gasteiger partial charge in [0.05, 0.1) is 11.4 Å². The molecule has 11 heteroatoms. The number of halogens is 1. The number of amides is 3. The number of fused-ring (bicyclic) bond motifs is 1. The average Bonchev–Trinajstić information content (AvgIpc) is 3.15. The van der Waals surface area contributed by atoms with E-state index in [1.165, 1.54) is 15.9 Å². The molecule has 0 unspecified atom stereocenters. The molecule has 2 aromatic rings. The Balaban J connectivity index is 2.01. The van der Waals surface area contributed by atoms with Gasteiger partial charge in [0.15, 0.2) is 0 Å². The first-order valence-electron chi connectivity index (χ1n) is 10.5. The number of likely N-dealkylation sites (N-methyl/N-ethyl adjacent to an activating group) is 1. The van der Waals surface area contributed by atoms with Crippen LogP contribution < -0.4 is 5.73 Å². The Bertz CT molecular complexity index is 1200. The van der Waals surface area contributed by atoms with Crippen LogP contribution in [0.1, 0.15) is 20.3 Å². The van der Waals surface area contributed by atoms with Crippen molar-refractivity contribution in [2.75, 3.05) is 26.7 Å². The first-order chi connectivity index (χ1) is 15.5. The van der Waals surface area contributed by atoms with Crippen LogP contribution in [0.15, 0.2) is 41.3 Å². The number of carbonyl (C=O) groups is 3. The van der Waals surface area contributed by atoms with Gasteiger partial charge >= 0.3 is 0 Å². The van der Waals surface area contributed by atoms with E-state index >= 15 is 0 Å². The van der Waals surface area contributed by atoms with E-state index in [1.54, 1.807) is 44.3 Å². The molecule has 0 bridgehead atoms. The lowest BCUT2D eigenvalue weighted by atomic mass is 10.1. The molecule has 0 aromatic heterocycles. The molecule has 2 atom stereocenters. The van der Waals surface area contributed by atoms with Crippen LogP contribution >= 0.6 is 11.6 Å². The number of nitrogens with zero attached hydrogens (tertiary/aromatic N) is 3. The molecule has 9 nitrogen and oxygen atoms in total. The van der Waals surface area contributed by atoms with Crippen molar-refractivity contribution >= 4 is 50.1 Å². The van der Waals surface area contributed by atoms with Gasteiger partial charge < -0.3 is 15.5 Å². The molecule has 1 aliphatic heterocycles. The summed E-state index contributed by atoms with van der Waals surface area (Å²) < 4.78 is 28.3. The summed E-state index contributed by atoms with van der Waals surface area (Å²) in [6, 6.07) is 7.58. The van der Waals surface area contributed by atoms with E-state index in [0.29, 0.717) is 22.3 Å². The smallest absolute Gasteiger partial charge is 0.244 e. The molecule has 0 aliphatic carbocycles. The molecular formula is C22H27ClN4O5S. The summed E-state index contributed by atoms with van der Waals surface area (Å²) >= 11 is 6.04. The summed E-state index contributed by atoms with van der Waals surface area (Å²) in [7, 11) is -2.66. The Kier molecular flexibility index (Phi) is 7.30. The number of carbonyl (C=O) groups excluding carboxylic acids is 3. The van der Waals surface area contributed by atoms with Gasteiger partial charge in [0.2, 0.25) is 27.7 Å². The first-order valence-corrected chi connectivity index (χ1v) is 12.3. The Labute approximate surface area is 198 Å². The molecule has 0 spiro atoms. The molecule has 2 aromatic carbocycles. The second-order valence-electron chi connectivity index (χ2n) is 8.00. The Morgan fingerprint density at radius 1 is 1.27 bits per heavy atom. The number of nitrogens with two attached hydrogens (primary N) is 1. The zero-order chi connectivity index (χ0) is 24.5. The van der Waals surface area contributed by atoms with Crippen molar-refractivity contribution in [1.82, 2.24) is 14.1 Å². The van der Waals surface area contributed by atoms with E-state index in [2.05, 4.69) is 0 Å². The van der Waals surface area contributed by atoms with Crippen molar-refractivity contribution in [1.29, 1.82) is 0 Å². The van der Waals surface area contributed by atoms with Crippen molar-refractivity contribution in [3.63, 3.8) is 0 Å². The third-order valence-corrected chi connectivity index (χ3v) is 8.08. The molecule has 1 fully saturated rings. The summed E-state index contributed by atoms with van der Waals surface area (Å²) in [6.45, 7) is 3.42. The molecule has 0 saturated carbocycles. The van der Waals surface area contributed by atoms with Crippen LogP contribution in [-0.2, 0) is 24.4 Å². The van der Waals surface area contributed by atoms with Crippen LogP contribution in [0, 0.1) is 0 Å². The van der Waals surface area contributed by atoms with Gasteiger partial charge in [-0.3, -0.25) is 14.4 Å². The maximum Gasteiger partial charge on any atom is 0.244 e. The van der Waals surface area contributed by atoms with E-state index in [-0.39, 0.29) is 23.8 Å². The van der Waals surface area contributed by atoms with Crippen LogP contribution in [0.5, 0.6) is 0 Å². The van der Waals surface area contributed by atoms with E-state index < -0.39 is 40.5 Å². The Morgan fingerprint density at radius 3 is 2.61 bits per heavy atom. The minimum atomic E-state index is -4.30. The molecule has 1 aliphatic rings. The van der Waals surface area contributed by atoms with Crippen LogP contribution in [0.2, 0.25) is 5.02 Å². The summed E-state index contributed by atoms with van der Waals surface area (Å²) in [5, 5.41) is 1.46. The summed E-state index contributed by atoms with van der Waals surface area (Å²) in [5.41, 5.74) is 5.37. The highest BCUT2D eigenvalue weighted by Gasteiger charge is 2.45. The fourth-order valence-electron chi connectivity index (χ4n) is 4.04. The predicted octanol–water partition coefficient (Wildman–Crippen LogP) is 1.44. The molecule has 33 heavy (non-hydrogen) atoms. The highest BCUT2D eigenvalue weighted by Crippen LogP contribution is 2.31. The maximum atomic E-state index is 13.7. The van der Waals surface area contributed by atoms with Gasteiger partial charge in [0.1, 0.15) is 12.1 Å². The highest BCUT2D eigenvalue weighted by molar-refractivity contribution is 7.89. The number of rotatable bonds is 8. The lowest BCUT2D eigenvalue weighted by Crippen LogP contribution is -2.52. The minimum absolute atomic E-state index is 0.0565. The topological polar surface area (TPSA) is 121 Å². The maximum absolute atomic E-state index is 13.7. The van der Waals surface area contributed by atoms with Gasteiger partial charge in [0, 0.05) is 30.5 Å². The molecule has 1 heterocycles. The number of benzene rings is 2. The molecule has 2 N–H and O–H groups in total. The van der Waals surface area contributed by atoms with Crippen LogP contribution in [0.3, 0.4) is 0 Å². The number of primary amides is 1. The van der Waals surface area contributed by atoms with E-state index in [9.17, 15) is 22.8 Å². The third kappa shape index (κ3) is 4.83. The van der Waals surface area contributed by atoms with Crippen molar-refractivity contribution in [3.05, 3.63) is 41.4 Å². The monoisotopic (exact) mass is 494 g/mol. The third-order valence-electron chi connectivity index (χ3n) is 5.94. The van der Waals surface area contributed by atoms with Gasteiger partial charge in [-0.25, -0.2) is 8.42 Å². The van der Waals surface area contributed by atoms with Crippen LogP contribution in [0.4, 0.5) is 0 Å². The molecule has 0 radical (unpaired) electrons. The zero-order valence-electron chi connectivity index (χ0n) is 18.7. The second kappa shape index (κ2) is 9.66. The molecule has 1 saturated heterocycles. The SMILES string of the molecule is CCN(C)C(=O)[C@H](C)N1CC[C@H](N(CC(N)=O)S(=O)(=O)c2cccc3cc(Cl)ccc23)C1=O. The number of hydrogen-bond acceptors (Lipinski definition) is 5. The molecule has 3 amide bonds. The normalized spacial score (nSPS) is 17.5. The Hall–Kier alpha value is -2.69. The lowest BCUT2D eigenvalue weighted by Gasteiger charge is -2.30. The zero-order valence-corrected chi connectivity index (χ0v) is 20.3. The molecule has 3 rings (SSSR count). The predicted molar refractivity (Wildman–Crippen MR) is 125 cm³/mol. The van der Waals surface area contributed by atoms with Crippen molar-refractivity contribution < 1.29 is 22.8 Å². The van der Waals surface area contributed by atoms with E-state index in [0.717, 1.165) is 4.31 Å². The van der Waals surface area contributed by atoms with Gasteiger partial charge in [0.25, 0.3) is 0 Å². The lowest BCUT2D eigenvalue weighted by molar-refractivity contribution is -0.143. The second-order valence-corrected chi connectivity index (χ2v) is 10.3. The minimum Gasteiger partial charge on any atom is -0.369 e. The fourth-order valence-corrected chi connectivity index (χ4v) is 6.01. The van der Waals surface area contributed by atoms with Crippen molar-refractivity contribution in [3.8, 4) is 0 Å². The number of hydrogen-bond donors (Lipinski definition) is 1. The van der Waals surface area contributed by atoms with Gasteiger partial charge in [-0.15, -0.1) is 0 Å². The van der Waals surface area contributed by atoms with E-state index in [4.69, 9.17) is 17.3 Å². The van der Waals surface area contributed by atoms with Gasteiger partial charge in [-0.1, -0.05) is 29.8 Å². The molecule has 178 valence electrons. The van der Waals surface area contributed by atoms with Crippen LogP contribution in [0.25, 0.3) is 10.8 Å². The largest absolute Gasteiger partial charge is 0.369 e. The summed E-state index contributed by atoms with van der Waals surface area (Å²) in [4.78, 5) is 40.4. The first kappa shape index (κ1) is 24.9. The number of likely N-dealkylation sites (tertiary alicyclic amines) is 1. The number of sulfonamides is 1. The van der Waals surface area contributed by atoms with Crippen molar-refractivity contribution in [2.45, 2.75) is 37.2 Å². The van der Waals surface area contributed by atoms with Crippen molar-refractivity contribution in [2.24, 2.45) is 5.73 Å². The fraction of sp³-hybridized carbons (Fsp3) is 0.409. The summed E-state index contributed by atoms with van der Waals surface area (Å²) in [5.74, 6) is -1.67. The highest BCUT2D eigenvalue weighted by atomic mass is 35.5. The average molecular weight is 495 g/mol. The Morgan fingerprint density at radius 2 is 1.97 bits per heavy atom. The van der Waals surface area contributed by atoms with Crippen LogP contribution in [-0.4, -0.2) is 79.0 Å². The molecular weight excluding hydrogens is 468 g/mol. The van der Waals surface area contributed by atoms with E-state index in [1.807, 2.05) is 6.92 Å². The summed E-state index contributed by atoms with van der Waals surface area (Å²) in [6.07, 6.45) is 0.134. The quantitative estimate of drug-likeness (QED) is 0.595.